The Kier molecular flexibility index (Phi) is 7.97. The van der Waals surface area contributed by atoms with Gasteiger partial charge in [-0.2, -0.15) is 0 Å². The van der Waals surface area contributed by atoms with Gasteiger partial charge in [0.05, 0.1) is 0 Å². The number of unbranched alkanes of at least 4 members (excludes halogenated alkanes) is 2. The lowest BCUT2D eigenvalue weighted by atomic mass is 10.1. The molecule has 0 spiro atoms. The minimum absolute atomic E-state index is 0.202. The number of amides is 1. The fourth-order valence-corrected chi connectivity index (χ4v) is 2.15. The number of aryl methyl sites for hydroxylation is 2. The van der Waals surface area contributed by atoms with Gasteiger partial charge >= 0.3 is 0 Å². The molecule has 0 saturated heterocycles. The average molecular weight is 277 g/mol. The first kappa shape index (κ1) is 16.7. The SMILES string of the molecule is CCc1ccc(CCC(=O)N(C)CCCCCO)cc1. The summed E-state index contributed by atoms with van der Waals surface area (Å²) < 4.78 is 0. The van der Waals surface area contributed by atoms with E-state index in [-0.39, 0.29) is 12.5 Å². The molecule has 0 aliphatic rings. The predicted octanol–water partition coefficient (Wildman–Crippen LogP) is 2.80. The van der Waals surface area contributed by atoms with E-state index in [9.17, 15) is 4.79 Å². The van der Waals surface area contributed by atoms with E-state index in [4.69, 9.17) is 5.11 Å². The zero-order valence-corrected chi connectivity index (χ0v) is 12.8. The van der Waals surface area contributed by atoms with Crippen LogP contribution in [-0.4, -0.2) is 36.1 Å². The second-order valence-electron chi connectivity index (χ2n) is 5.27. The number of rotatable bonds is 9. The molecule has 20 heavy (non-hydrogen) atoms. The highest BCUT2D eigenvalue weighted by molar-refractivity contribution is 5.76. The first-order chi connectivity index (χ1) is 9.67. The van der Waals surface area contributed by atoms with Gasteiger partial charge in [-0.25, -0.2) is 0 Å². The molecule has 1 rings (SSSR count). The van der Waals surface area contributed by atoms with E-state index in [1.807, 2.05) is 7.05 Å². The molecule has 112 valence electrons. The first-order valence-corrected chi connectivity index (χ1v) is 7.60. The smallest absolute Gasteiger partial charge is 0.222 e. The number of hydrogen-bond acceptors (Lipinski definition) is 2. The maximum Gasteiger partial charge on any atom is 0.222 e. The Morgan fingerprint density at radius 1 is 1.10 bits per heavy atom. The number of aliphatic hydroxyl groups excluding tert-OH is 1. The fourth-order valence-electron chi connectivity index (χ4n) is 2.15. The summed E-state index contributed by atoms with van der Waals surface area (Å²) in [6.07, 6.45) is 5.20. The van der Waals surface area contributed by atoms with Gasteiger partial charge < -0.3 is 10.0 Å². The summed E-state index contributed by atoms with van der Waals surface area (Å²) in [6, 6.07) is 8.51. The molecule has 0 atom stereocenters. The molecule has 0 heterocycles. The third kappa shape index (κ3) is 6.20. The van der Waals surface area contributed by atoms with E-state index in [2.05, 4.69) is 31.2 Å². The van der Waals surface area contributed by atoms with Crippen LogP contribution < -0.4 is 0 Å². The zero-order chi connectivity index (χ0) is 14.8. The van der Waals surface area contributed by atoms with E-state index in [0.29, 0.717) is 6.42 Å². The van der Waals surface area contributed by atoms with Crippen LogP contribution in [0.2, 0.25) is 0 Å². The molecule has 0 aliphatic carbocycles. The van der Waals surface area contributed by atoms with Gasteiger partial charge in [0.25, 0.3) is 0 Å². The van der Waals surface area contributed by atoms with Crippen LogP contribution in [0.25, 0.3) is 0 Å². The van der Waals surface area contributed by atoms with Crippen LogP contribution in [0, 0.1) is 0 Å². The van der Waals surface area contributed by atoms with Crippen molar-refractivity contribution in [1.82, 2.24) is 4.90 Å². The van der Waals surface area contributed by atoms with Gasteiger partial charge in [0.2, 0.25) is 5.91 Å². The van der Waals surface area contributed by atoms with Crippen LogP contribution in [0.15, 0.2) is 24.3 Å². The van der Waals surface area contributed by atoms with E-state index >= 15 is 0 Å². The molecule has 1 N–H and O–H groups in total. The highest BCUT2D eigenvalue weighted by Gasteiger charge is 2.08. The minimum atomic E-state index is 0.202. The molecule has 0 aliphatic heterocycles. The monoisotopic (exact) mass is 277 g/mol. The second-order valence-corrected chi connectivity index (χ2v) is 5.27. The number of hydrogen-bond donors (Lipinski definition) is 1. The summed E-state index contributed by atoms with van der Waals surface area (Å²) in [5.41, 5.74) is 2.56. The lowest BCUT2D eigenvalue weighted by molar-refractivity contribution is -0.129. The Hall–Kier alpha value is -1.35. The van der Waals surface area contributed by atoms with Crippen molar-refractivity contribution in [2.24, 2.45) is 0 Å². The summed E-state index contributed by atoms with van der Waals surface area (Å²) in [7, 11) is 1.86. The number of carbonyl (C=O) groups is 1. The molecule has 0 fully saturated rings. The molecular formula is C17H27NO2. The molecule has 3 nitrogen and oxygen atoms in total. The molecule has 0 aromatic heterocycles. The normalized spacial score (nSPS) is 10.6. The van der Waals surface area contributed by atoms with Crippen molar-refractivity contribution in [2.75, 3.05) is 20.2 Å². The summed E-state index contributed by atoms with van der Waals surface area (Å²) >= 11 is 0. The molecule has 1 aromatic carbocycles. The largest absolute Gasteiger partial charge is 0.396 e. The quantitative estimate of drug-likeness (QED) is 0.705. The highest BCUT2D eigenvalue weighted by Crippen LogP contribution is 2.08. The molecule has 1 aromatic rings. The van der Waals surface area contributed by atoms with E-state index in [1.165, 1.54) is 11.1 Å². The van der Waals surface area contributed by atoms with Crippen molar-refractivity contribution in [3.05, 3.63) is 35.4 Å². The Morgan fingerprint density at radius 2 is 1.75 bits per heavy atom. The molecule has 0 unspecified atom stereocenters. The van der Waals surface area contributed by atoms with E-state index < -0.39 is 0 Å². The van der Waals surface area contributed by atoms with Crippen molar-refractivity contribution in [3.63, 3.8) is 0 Å². The molecule has 1 amide bonds. The van der Waals surface area contributed by atoms with Crippen LogP contribution in [0.4, 0.5) is 0 Å². The van der Waals surface area contributed by atoms with Gasteiger partial charge in [0.1, 0.15) is 0 Å². The van der Waals surface area contributed by atoms with Crippen molar-refractivity contribution in [2.45, 2.75) is 45.4 Å². The summed E-state index contributed by atoms with van der Waals surface area (Å²) in [4.78, 5) is 13.8. The van der Waals surface area contributed by atoms with Crippen LogP contribution in [0.5, 0.6) is 0 Å². The van der Waals surface area contributed by atoms with Gasteiger partial charge in [0, 0.05) is 26.6 Å². The molecular weight excluding hydrogens is 250 g/mol. The summed E-state index contributed by atoms with van der Waals surface area (Å²) in [5.74, 6) is 0.202. The van der Waals surface area contributed by atoms with Gasteiger partial charge in [-0.1, -0.05) is 31.2 Å². The Bertz CT molecular complexity index is 386. The minimum Gasteiger partial charge on any atom is -0.396 e. The summed E-state index contributed by atoms with van der Waals surface area (Å²) in [6.45, 7) is 3.17. The van der Waals surface area contributed by atoms with Crippen molar-refractivity contribution < 1.29 is 9.90 Å². The third-order valence-corrected chi connectivity index (χ3v) is 3.64. The standard InChI is InChI=1S/C17H27NO2/c1-3-15-7-9-16(10-8-15)11-12-17(20)18(2)13-5-4-6-14-19/h7-10,19H,3-6,11-14H2,1-2H3. The van der Waals surface area contributed by atoms with Crippen LogP contribution in [-0.2, 0) is 17.6 Å². The van der Waals surface area contributed by atoms with Crippen LogP contribution >= 0.6 is 0 Å². The lowest BCUT2D eigenvalue weighted by Crippen LogP contribution is -2.27. The number of nitrogens with zero attached hydrogens (tertiary/aromatic N) is 1. The molecule has 3 heteroatoms. The number of benzene rings is 1. The lowest BCUT2D eigenvalue weighted by Gasteiger charge is -2.17. The van der Waals surface area contributed by atoms with Gasteiger partial charge in [-0.05, 0) is 43.2 Å². The van der Waals surface area contributed by atoms with Gasteiger partial charge in [-0.15, -0.1) is 0 Å². The predicted molar refractivity (Wildman–Crippen MR) is 82.7 cm³/mol. The van der Waals surface area contributed by atoms with Crippen molar-refractivity contribution in [1.29, 1.82) is 0 Å². The van der Waals surface area contributed by atoms with E-state index in [0.717, 1.165) is 38.6 Å². The van der Waals surface area contributed by atoms with Crippen molar-refractivity contribution in [3.8, 4) is 0 Å². The zero-order valence-electron chi connectivity index (χ0n) is 12.8. The Balaban J connectivity index is 2.27. The first-order valence-electron chi connectivity index (χ1n) is 7.60. The van der Waals surface area contributed by atoms with Gasteiger partial charge in [-0.3, -0.25) is 4.79 Å². The van der Waals surface area contributed by atoms with Crippen LogP contribution in [0.3, 0.4) is 0 Å². The maximum atomic E-state index is 12.0. The molecule has 0 saturated carbocycles. The van der Waals surface area contributed by atoms with E-state index in [1.54, 1.807) is 4.90 Å². The number of carbonyl (C=O) groups excluding carboxylic acids is 1. The highest BCUT2D eigenvalue weighted by atomic mass is 16.2. The number of aliphatic hydroxyl groups is 1. The summed E-state index contributed by atoms with van der Waals surface area (Å²) in [5, 5.41) is 8.71. The third-order valence-electron chi connectivity index (χ3n) is 3.64. The topological polar surface area (TPSA) is 40.5 Å². The molecule has 0 radical (unpaired) electrons. The second kappa shape index (κ2) is 9.54. The maximum absolute atomic E-state index is 12.0. The van der Waals surface area contributed by atoms with Gasteiger partial charge in [0.15, 0.2) is 0 Å². The Morgan fingerprint density at radius 3 is 2.35 bits per heavy atom. The Labute approximate surface area is 122 Å². The molecule has 0 bridgehead atoms. The fraction of sp³-hybridized carbons (Fsp3) is 0.588. The van der Waals surface area contributed by atoms with Crippen LogP contribution in [0.1, 0.15) is 43.7 Å². The average Bonchev–Trinajstić information content (AvgIpc) is 2.49. The van der Waals surface area contributed by atoms with Crippen molar-refractivity contribution >= 4 is 5.91 Å².